The summed E-state index contributed by atoms with van der Waals surface area (Å²) in [7, 11) is 0. The maximum Gasteiger partial charge on any atom is 0.161 e. The van der Waals surface area contributed by atoms with E-state index in [2.05, 4.69) is 53.4 Å². The SMILES string of the molecule is Cc1ccc(-c2ncc3c(n2)NC(C)CC3)cc1. The molecule has 18 heavy (non-hydrogen) atoms. The Morgan fingerprint density at radius 3 is 2.78 bits per heavy atom. The van der Waals surface area contributed by atoms with E-state index in [9.17, 15) is 0 Å². The average molecular weight is 239 g/mol. The van der Waals surface area contributed by atoms with E-state index < -0.39 is 0 Å². The molecular weight excluding hydrogens is 222 g/mol. The predicted octanol–water partition coefficient (Wildman–Crippen LogP) is 3.20. The van der Waals surface area contributed by atoms with Crippen LogP contribution in [0.1, 0.15) is 24.5 Å². The molecule has 92 valence electrons. The summed E-state index contributed by atoms with van der Waals surface area (Å²) in [5.41, 5.74) is 3.55. The van der Waals surface area contributed by atoms with Gasteiger partial charge in [-0.1, -0.05) is 29.8 Å². The van der Waals surface area contributed by atoms with Crippen LogP contribution in [0.5, 0.6) is 0 Å². The Kier molecular flexibility index (Phi) is 2.74. The quantitative estimate of drug-likeness (QED) is 0.830. The van der Waals surface area contributed by atoms with E-state index in [4.69, 9.17) is 0 Å². The van der Waals surface area contributed by atoms with Crippen molar-refractivity contribution in [3.05, 3.63) is 41.6 Å². The second-order valence-corrected chi connectivity index (χ2v) is 5.02. The third kappa shape index (κ3) is 2.08. The van der Waals surface area contributed by atoms with E-state index in [-0.39, 0.29) is 0 Å². The van der Waals surface area contributed by atoms with Crippen LogP contribution < -0.4 is 5.32 Å². The number of aryl methyl sites for hydroxylation is 2. The smallest absolute Gasteiger partial charge is 0.161 e. The van der Waals surface area contributed by atoms with E-state index in [0.717, 1.165) is 30.0 Å². The van der Waals surface area contributed by atoms with Crippen LogP contribution in [0.2, 0.25) is 0 Å². The van der Waals surface area contributed by atoms with Gasteiger partial charge in [-0.25, -0.2) is 9.97 Å². The molecule has 0 saturated heterocycles. The first-order valence-corrected chi connectivity index (χ1v) is 6.42. The van der Waals surface area contributed by atoms with E-state index in [1.165, 1.54) is 11.1 Å². The summed E-state index contributed by atoms with van der Waals surface area (Å²) in [4.78, 5) is 9.11. The number of nitrogens with one attached hydrogen (secondary N) is 1. The number of hydrogen-bond donors (Lipinski definition) is 1. The second-order valence-electron chi connectivity index (χ2n) is 5.02. The minimum atomic E-state index is 0.498. The third-order valence-corrected chi connectivity index (χ3v) is 3.40. The molecule has 0 fully saturated rings. The van der Waals surface area contributed by atoms with Crippen molar-refractivity contribution in [2.24, 2.45) is 0 Å². The van der Waals surface area contributed by atoms with Gasteiger partial charge in [0.25, 0.3) is 0 Å². The number of hydrogen-bond acceptors (Lipinski definition) is 3. The van der Waals surface area contributed by atoms with Crippen LogP contribution in [0.25, 0.3) is 11.4 Å². The fraction of sp³-hybridized carbons (Fsp3) is 0.333. The summed E-state index contributed by atoms with van der Waals surface area (Å²) in [6, 6.07) is 8.83. The summed E-state index contributed by atoms with van der Waals surface area (Å²) >= 11 is 0. The molecule has 1 aromatic heterocycles. The lowest BCUT2D eigenvalue weighted by Crippen LogP contribution is -2.23. The van der Waals surface area contributed by atoms with Crippen molar-refractivity contribution < 1.29 is 0 Å². The fourth-order valence-corrected chi connectivity index (χ4v) is 2.23. The normalized spacial score (nSPS) is 18.0. The highest BCUT2D eigenvalue weighted by Gasteiger charge is 2.16. The van der Waals surface area contributed by atoms with E-state index >= 15 is 0 Å². The Balaban J connectivity index is 1.99. The first kappa shape index (κ1) is 11.2. The molecule has 1 aromatic carbocycles. The lowest BCUT2D eigenvalue weighted by Gasteiger charge is -2.22. The van der Waals surface area contributed by atoms with Gasteiger partial charge >= 0.3 is 0 Å². The topological polar surface area (TPSA) is 37.8 Å². The molecule has 3 rings (SSSR count). The summed E-state index contributed by atoms with van der Waals surface area (Å²) in [6.45, 7) is 4.28. The average Bonchev–Trinajstić information content (AvgIpc) is 2.38. The number of nitrogens with zero attached hydrogens (tertiary/aromatic N) is 2. The maximum atomic E-state index is 4.64. The van der Waals surface area contributed by atoms with Crippen LogP contribution in [0.4, 0.5) is 5.82 Å². The number of fused-ring (bicyclic) bond motifs is 1. The first-order valence-electron chi connectivity index (χ1n) is 6.42. The summed E-state index contributed by atoms with van der Waals surface area (Å²) in [5, 5.41) is 3.43. The van der Waals surface area contributed by atoms with Gasteiger partial charge in [-0.3, -0.25) is 0 Å². The van der Waals surface area contributed by atoms with Gasteiger partial charge in [-0.2, -0.15) is 0 Å². The van der Waals surface area contributed by atoms with E-state index in [1.54, 1.807) is 0 Å². The lowest BCUT2D eigenvalue weighted by molar-refractivity contribution is 0.671. The maximum absolute atomic E-state index is 4.64. The molecule has 2 heterocycles. The van der Waals surface area contributed by atoms with Gasteiger partial charge in [0.15, 0.2) is 5.82 Å². The number of aromatic nitrogens is 2. The second kappa shape index (κ2) is 4.41. The van der Waals surface area contributed by atoms with Crippen molar-refractivity contribution >= 4 is 5.82 Å². The zero-order chi connectivity index (χ0) is 12.5. The zero-order valence-electron chi connectivity index (χ0n) is 10.8. The van der Waals surface area contributed by atoms with Gasteiger partial charge < -0.3 is 5.32 Å². The highest BCUT2D eigenvalue weighted by Crippen LogP contribution is 2.25. The summed E-state index contributed by atoms with van der Waals surface area (Å²) in [6.07, 6.45) is 4.17. The van der Waals surface area contributed by atoms with Crippen LogP contribution >= 0.6 is 0 Å². The number of benzene rings is 1. The Labute approximate surface area is 107 Å². The summed E-state index contributed by atoms with van der Waals surface area (Å²) < 4.78 is 0. The minimum Gasteiger partial charge on any atom is -0.367 e. The highest BCUT2D eigenvalue weighted by molar-refractivity contribution is 5.59. The largest absolute Gasteiger partial charge is 0.367 e. The molecule has 0 radical (unpaired) electrons. The van der Waals surface area contributed by atoms with Crippen LogP contribution in [0, 0.1) is 6.92 Å². The molecular formula is C15H17N3. The third-order valence-electron chi connectivity index (χ3n) is 3.40. The van der Waals surface area contributed by atoms with Crippen molar-refractivity contribution in [3.8, 4) is 11.4 Å². The molecule has 1 N–H and O–H groups in total. The van der Waals surface area contributed by atoms with Gasteiger partial charge in [0.2, 0.25) is 0 Å². The van der Waals surface area contributed by atoms with Crippen LogP contribution in [0.3, 0.4) is 0 Å². The Morgan fingerprint density at radius 2 is 2.00 bits per heavy atom. The van der Waals surface area contributed by atoms with E-state index in [1.807, 2.05) is 6.20 Å². The molecule has 3 heteroatoms. The van der Waals surface area contributed by atoms with Crippen LogP contribution in [0.15, 0.2) is 30.5 Å². The van der Waals surface area contributed by atoms with Gasteiger partial charge in [-0.05, 0) is 26.7 Å². The molecule has 2 aromatic rings. The monoisotopic (exact) mass is 239 g/mol. The van der Waals surface area contributed by atoms with Gasteiger partial charge in [0.05, 0.1) is 0 Å². The van der Waals surface area contributed by atoms with Gasteiger partial charge in [-0.15, -0.1) is 0 Å². The number of anilines is 1. The number of rotatable bonds is 1. The fourth-order valence-electron chi connectivity index (χ4n) is 2.23. The Morgan fingerprint density at radius 1 is 1.22 bits per heavy atom. The van der Waals surface area contributed by atoms with Crippen molar-refractivity contribution in [1.82, 2.24) is 9.97 Å². The molecule has 0 spiro atoms. The zero-order valence-corrected chi connectivity index (χ0v) is 10.8. The lowest BCUT2D eigenvalue weighted by atomic mass is 10.0. The van der Waals surface area contributed by atoms with Crippen molar-refractivity contribution in [3.63, 3.8) is 0 Å². The van der Waals surface area contributed by atoms with Crippen LogP contribution in [-0.2, 0) is 6.42 Å². The standard InChI is InChI=1S/C15H17N3/c1-10-3-6-12(7-4-10)14-16-9-13-8-5-11(2)17-15(13)18-14/h3-4,6-7,9,11H,5,8H2,1-2H3,(H,16,17,18). The van der Waals surface area contributed by atoms with E-state index in [0.29, 0.717) is 6.04 Å². The highest BCUT2D eigenvalue weighted by atomic mass is 15.1. The van der Waals surface area contributed by atoms with Gasteiger partial charge in [0, 0.05) is 23.4 Å². The molecule has 1 atom stereocenters. The summed E-state index contributed by atoms with van der Waals surface area (Å²) in [5.74, 6) is 1.80. The molecule has 1 unspecified atom stereocenters. The molecule has 3 nitrogen and oxygen atoms in total. The van der Waals surface area contributed by atoms with Crippen molar-refractivity contribution in [1.29, 1.82) is 0 Å². The van der Waals surface area contributed by atoms with Crippen molar-refractivity contribution in [2.45, 2.75) is 32.7 Å². The Hall–Kier alpha value is -1.90. The van der Waals surface area contributed by atoms with Gasteiger partial charge in [0.1, 0.15) is 5.82 Å². The first-order chi connectivity index (χ1) is 8.72. The molecule has 1 aliphatic rings. The molecule has 1 aliphatic heterocycles. The predicted molar refractivity (Wildman–Crippen MR) is 73.6 cm³/mol. The molecule has 0 saturated carbocycles. The molecule has 0 bridgehead atoms. The Bertz CT molecular complexity index is 560. The van der Waals surface area contributed by atoms with Crippen LogP contribution in [-0.4, -0.2) is 16.0 Å². The minimum absolute atomic E-state index is 0.498. The van der Waals surface area contributed by atoms with Crippen molar-refractivity contribution in [2.75, 3.05) is 5.32 Å². The molecule has 0 aliphatic carbocycles. The molecule has 0 amide bonds.